The second-order valence-corrected chi connectivity index (χ2v) is 4.96. The number of methoxy groups -OCH3 is 1. The Morgan fingerprint density at radius 2 is 2.09 bits per heavy atom. The third-order valence-corrected chi connectivity index (χ3v) is 3.38. The molecule has 6 nitrogen and oxygen atoms in total. The fraction of sp³-hybridized carbons (Fsp3) is 0.312. The highest BCUT2D eigenvalue weighted by Crippen LogP contribution is 2.22. The van der Waals surface area contributed by atoms with E-state index in [1.54, 1.807) is 19.9 Å². The lowest BCUT2D eigenvalue weighted by molar-refractivity contribution is -0.140. The summed E-state index contributed by atoms with van der Waals surface area (Å²) >= 11 is 0. The van der Waals surface area contributed by atoms with Crippen molar-refractivity contribution in [2.24, 2.45) is 0 Å². The summed E-state index contributed by atoms with van der Waals surface area (Å²) < 4.78 is 23.1. The highest BCUT2D eigenvalue weighted by Gasteiger charge is 2.25. The number of amides is 1. The number of ether oxygens (including phenoxy) is 1. The normalized spacial score (nSPS) is 10.4. The van der Waals surface area contributed by atoms with Gasteiger partial charge in [0.25, 0.3) is 5.91 Å². The maximum Gasteiger partial charge on any atom is 0.307 e. The molecule has 2 rings (SSSR count). The lowest BCUT2D eigenvalue weighted by Crippen LogP contribution is -2.34. The van der Waals surface area contributed by atoms with Crippen LogP contribution in [0.25, 0.3) is 0 Å². The second-order valence-electron chi connectivity index (χ2n) is 4.96. The van der Waals surface area contributed by atoms with Crippen LogP contribution in [-0.2, 0) is 9.53 Å². The van der Waals surface area contributed by atoms with Crippen LogP contribution in [0.1, 0.15) is 28.2 Å². The molecule has 0 radical (unpaired) electrons. The number of anilines is 1. The quantitative estimate of drug-likeness (QED) is 0.792. The number of carbonyl (C=O) groups excluding carboxylic acids is 2. The van der Waals surface area contributed by atoms with E-state index >= 15 is 0 Å². The minimum absolute atomic E-state index is 0.0118. The van der Waals surface area contributed by atoms with Crippen molar-refractivity contribution in [3.63, 3.8) is 0 Å². The Morgan fingerprint density at radius 1 is 1.35 bits per heavy atom. The van der Waals surface area contributed by atoms with Gasteiger partial charge in [-0.15, -0.1) is 0 Å². The molecular formula is C16H17FN2O4. The number of benzene rings is 1. The third-order valence-electron chi connectivity index (χ3n) is 3.38. The van der Waals surface area contributed by atoms with E-state index in [-0.39, 0.29) is 13.0 Å². The van der Waals surface area contributed by atoms with Crippen LogP contribution in [0.5, 0.6) is 0 Å². The van der Waals surface area contributed by atoms with Gasteiger partial charge >= 0.3 is 5.97 Å². The summed E-state index contributed by atoms with van der Waals surface area (Å²) in [6.45, 7) is 3.32. The highest BCUT2D eigenvalue weighted by molar-refractivity contribution is 6.07. The summed E-state index contributed by atoms with van der Waals surface area (Å²) in [4.78, 5) is 25.5. The summed E-state index contributed by atoms with van der Waals surface area (Å²) in [5, 5.41) is 3.75. The van der Waals surface area contributed by atoms with E-state index in [2.05, 4.69) is 9.89 Å². The molecule has 1 aromatic heterocycles. The van der Waals surface area contributed by atoms with Gasteiger partial charge in [-0.2, -0.15) is 0 Å². The Kier molecular flexibility index (Phi) is 5.10. The predicted octanol–water partition coefficient (Wildman–Crippen LogP) is 2.64. The van der Waals surface area contributed by atoms with E-state index in [0.717, 1.165) is 0 Å². The van der Waals surface area contributed by atoms with Crippen molar-refractivity contribution in [1.29, 1.82) is 0 Å². The van der Waals surface area contributed by atoms with Gasteiger partial charge in [0.2, 0.25) is 0 Å². The summed E-state index contributed by atoms with van der Waals surface area (Å²) in [6.07, 6.45) is -0.0118. The molecule has 122 valence electrons. The molecule has 7 heteroatoms. The SMILES string of the molecule is COC(=O)CCN(C(=O)c1c(C)noc1C)c1cccc(F)c1. The number of aromatic nitrogens is 1. The van der Waals surface area contributed by atoms with Crippen LogP contribution in [0.4, 0.5) is 10.1 Å². The number of carbonyl (C=O) groups is 2. The van der Waals surface area contributed by atoms with Gasteiger partial charge < -0.3 is 14.2 Å². The molecule has 0 N–H and O–H groups in total. The molecule has 0 saturated carbocycles. The molecular weight excluding hydrogens is 303 g/mol. The number of hydrogen-bond donors (Lipinski definition) is 0. The maximum atomic E-state index is 13.5. The zero-order chi connectivity index (χ0) is 17.0. The third kappa shape index (κ3) is 3.74. The Hall–Kier alpha value is -2.70. The Labute approximate surface area is 132 Å². The van der Waals surface area contributed by atoms with E-state index < -0.39 is 17.7 Å². The zero-order valence-electron chi connectivity index (χ0n) is 13.1. The first-order chi connectivity index (χ1) is 10.9. The van der Waals surface area contributed by atoms with Crippen molar-refractivity contribution in [1.82, 2.24) is 5.16 Å². The van der Waals surface area contributed by atoms with Gasteiger partial charge in [-0.25, -0.2) is 4.39 Å². The van der Waals surface area contributed by atoms with Crippen molar-refractivity contribution >= 4 is 17.6 Å². The average Bonchev–Trinajstić information content (AvgIpc) is 2.86. The van der Waals surface area contributed by atoms with Gasteiger partial charge in [-0.1, -0.05) is 11.2 Å². The molecule has 0 saturated heterocycles. The van der Waals surface area contributed by atoms with E-state index in [1.807, 2.05) is 0 Å². The fourth-order valence-electron chi connectivity index (χ4n) is 2.22. The van der Waals surface area contributed by atoms with Crippen LogP contribution >= 0.6 is 0 Å². The van der Waals surface area contributed by atoms with Crippen LogP contribution < -0.4 is 4.90 Å². The van der Waals surface area contributed by atoms with Gasteiger partial charge in [-0.3, -0.25) is 9.59 Å². The van der Waals surface area contributed by atoms with Crippen molar-refractivity contribution in [2.45, 2.75) is 20.3 Å². The van der Waals surface area contributed by atoms with Crippen LogP contribution in [0.15, 0.2) is 28.8 Å². The topological polar surface area (TPSA) is 72.6 Å². The largest absolute Gasteiger partial charge is 0.469 e. The molecule has 0 atom stereocenters. The lowest BCUT2D eigenvalue weighted by atomic mass is 10.1. The zero-order valence-corrected chi connectivity index (χ0v) is 13.1. The van der Waals surface area contributed by atoms with E-state index in [9.17, 15) is 14.0 Å². The second kappa shape index (κ2) is 7.04. The van der Waals surface area contributed by atoms with Crippen molar-refractivity contribution in [3.05, 3.63) is 47.1 Å². The number of esters is 1. The standard InChI is InChI=1S/C16H17FN2O4/c1-10-15(11(2)23-18-10)16(21)19(8-7-14(20)22-3)13-6-4-5-12(17)9-13/h4-6,9H,7-8H2,1-3H3. The van der Waals surface area contributed by atoms with E-state index in [1.165, 1.54) is 30.2 Å². The Morgan fingerprint density at radius 3 is 2.65 bits per heavy atom. The first-order valence-electron chi connectivity index (χ1n) is 7.01. The number of rotatable bonds is 5. The van der Waals surface area contributed by atoms with Crippen molar-refractivity contribution < 1.29 is 23.2 Å². The Balaban J connectivity index is 2.36. The van der Waals surface area contributed by atoms with Gasteiger partial charge in [-0.05, 0) is 32.0 Å². The molecule has 1 aromatic carbocycles. The predicted molar refractivity (Wildman–Crippen MR) is 80.7 cm³/mol. The summed E-state index contributed by atoms with van der Waals surface area (Å²) in [6, 6.07) is 5.60. The number of hydrogen-bond acceptors (Lipinski definition) is 5. The number of halogens is 1. The van der Waals surface area contributed by atoms with Gasteiger partial charge in [0.05, 0.1) is 19.2 Å². The van der Waals surface area contributed by atoms with E-state index in [0.29, 0.717) is 22.7 Å². The maximum absolute atomic E-state index is 13.5. The summed E-state index contributed by atoms with van der Waals surface area (Å²) in [5.74, 6) is -0.974. The highest BCUT2D eigenvalue weighted by atomic mass is 19.1. The lowest BCUT2D eigenvalue weighted by Gasteiger charge is -2.22. The van der Waals surface area contributed by atoms with Crippen molar-refractivity contribution in [2.75, 3.05) is 18.6 Å². The van der Waals surface area contributed by atoms with Crippen molar-refractivity contribution in [3.8, 4) is 0 Å². The molecule has 0 spiro atoms. The summed E-state index contributed by atoms with van der Waals surface area (Å²) in [7, 11) is 1.27. The van der Waals surface area contributed by atoms with Gasteiger partial charge in [0, 0.05) is 12.2 Å². The summed E-state index contributed by atoms with van der Waals surface area (Å²) in [5.41, 5.74) is 1.09. The monoisotopic (exact) mass is 320 g/mol. The molecule has 23 heavy (non-hydrogen) atoms. The van der Waals surface area contributed by atoms with E-state index in [4.69, 9.17) is 4.52 Å². The first kappa shape index (κ1) is 16.7. The average molecular weight is 320 g/mol. The van der Waals surface area contributed by atoms with Gasteiger partial charge in [0.1, 0.15) is 17.1 Å². The Bertz CT molecular complexity index is 707. The van der Waals surface area contributed by atoms with Crippen LogP contribution in [0.3, 0.4) is 0 Å². The minimum Gasteiger partial charge on any atom is -0.469 e. The molecule has 2 aromatic rings. The molecule has 1 amide bonds. The fourth-order valence-corrected chi connectivity index (χ4v) is 2.22. The molecule has 0 aliphatic heterocycles. The molecule has 0 unspecified atom stereocenters. The minimum atomic E-state index is -0.475. The first-order valence-corrected chi connectivity index (χ1v) is 7.01. The van der Waals surface area contributed by atoms with Gasteiger partial charge in [0.15, 0.2) is 0 Å². The van der Waals surface area contributed by atoms with Crippen LogP contribution in [0.2, 0.25) is 0 Å². The molecule has 0 fully saturated rings. The van der Waals surface area contributed by atoms with Crippen LogP contribution in [0, 0.1) is 19.7 Å². The molecule has 0 aliphatic carbocycles. The smallest absolute Gasteiger partial charge is 0.307 e. The number of nitrogens with zero attached hydrogens (tertiary/aromatic N) is 2. The molecule has 0 aliphatic rings. The number of aryl methyl sites for hydroxylation is 2. The molecule has 0 bridgehead atoms. The van der Waals surface area contributed by atoms with Crippen LogP contribution in [-0.4, -0.2) is 30.7 Å². The molecule has 1 heterocycles.